The van der Waals surface area contributed by atoms with E-state index in [9.17, 15) is 4.79 Å². The molecule has 4 nitrogen and oxygen atoms in total. The van der Waals surface area contributed by atoms with Crippen LogP contribution in [0.3, 0.4) is 0 Å². The Morgan fingerprint density at radius 2 is 2.11 bits per heavy atom. The summed E-state index contributed by atoms with van der Waals surface area (Å²) in [5.41, 5.74) is 0. The summed E-state index contributed by atoms with van der Waals surface area (Å²) in [4.78, 5) is 11.7. The molecule has 4 heteroatoms. The fraction of sp³-hybridized carbons (Fsp3) is 0.929. The first-order chi connectivity index (χ1) is 8.79. The van der Waals surface area contributed by atoms with E-state index >= 15 is 0 Å². The molecule has 0 heterocycles. The maximum absolute atomic E-state index is 11.7. The molecule has 0 radical (unpaired) electrons. The number of hydrogen-bond donors (Lipinski definition) is 1. The molecule has 2 aliphatic carbocycles. The maximum atomic E-state index is 11.7. The van der Waals surface area contributed by atoms with Crippen molar-refractivity contribution >= 4 is 5.97 Å². The smallest absolute Gasteiger partial charge is 0.325 e. The molecule has 0 aromatic rings. The Balaban J connectivity index is 1.61. The second-order valence-corrected chi connectivity index (χ2v) is 5.41. The Bertz CT molecular complexity index is 262. The van der Waals surface area contributed by atoms with Gasteiger partial charge in [-0.05, 0) is 32.1 Å². The highest BCUT2D eigenvalue weighted by atomic mass is 16.5. The Kier molecular flexibility index (Phi) is 5.45. The van der Waals surface area contributed by atoms with E-state index in [1.54, 1.807) is 0 Å². The molecule has 2 aliphatic rings. The van der Waals surface area contributed by atoms with E-state index in [1.165, 1.54) is 19.3 Å². The number of rotatable bonds is 9. The SMILES string of the molecule is CCOC(=O)C(COCCC1CCC1)NC1CC1. The Labute approximate surface area is 109 Å². The van der Waals surface area contributed by atoms with Crippen LogP contribution >= 0.6 is 0 Å². The fourth-order valence-electron chi connectivity index (χ4n) is 2.19. The summed E-state index contributed by atoms with van der Waals surface area (Å²) >= 11 is 0. The molecule has 0 saturated heterocycles. The van der Waals surface area contributed by atoms with Crippen molar-refractivity contribution < 1.29 is 14.3 Å². The number of esters is 1. The maximum Gasteiger partial charge on any atom is 0.325 e. The molecule has 1 atom stereocenters. The highest BCUT2D eigenvalue weighted by molar-refractivity contribution is 5.76. The van der Waals surface area contributed by atoms with Crippen LogP contribution in [0.25, 0.3) is 0 Å². The van der Waals surface area contributed by atoms with Crippen LogP contribution in [0.5, 0.6) is 0 Å². The Morgan fingerprint density at radius 1 is 1.33 bits per heavy atom. The minimum absolute atomic E-state index is 0.173. The van der Waals surface area contributed by atoms with Crippen LogP contribution in [-0.2, 0) is 14.3 Å². The third-order valence-electron chi connectivity index (χ3n) is 3.77. The van der Waals surface area contributed by atoms with E-state index in [1.807, 2.05) is 6.92 Å². The van der Waals surface area contributed by atoms with Crippen molar-refractivity contribution in [3.63, 3.8) is 0 Å². The largest absolute Gasteiger partial charge is 0.465 e. The number of hydrogen-bond acceptors (Lipinski definition) is 4. The molecule has 0 amide bonds. The van der Waals surface area contributed by atoms with Gasteiger partial charge in [0, 0.05) is 12.6 Å². The van der Waals surface area contributed by atoms with E-state index in [4.69, 9.17) is 9.47 Å². The predicted octanol–water partition coefficient (Wildman–Crippen LogP) is 1.88. The minimum atomic E-state index is -0.279. The van der Waals surface area contributed by atoms with Gasteiger partial charge in [0.2, 0.25) is 0 Å². The van der Waals surface area contributed by atoms with E-state index in [-0.39, 0.29) is 12.0 Å². The lowest BCUT2D eigenvalue weighted by Crippen LogP contribution is -2.43. The van der Waals surface area contributed by atoms with Gasteiger partial charge in [-0.2, -0.15) is 0 Å². The summed E-state index contributed by atoms with van der Waals surface area (Å²) in [7, 11) is 0. The van der Waals surface area contributed by atoms with Gasteiger partial charge >= 0.3 is 5.97 Å². The number of nitrogens with one attached hydrogen (secondary N) is 1. The van der Waals surface area contributed by atoms with Crippen molar-refractivity contribution in [1.82, 2.24) is 5.32 Å². The zero-order valence-corrected chi connectivity index (χ0v) is 11.3. The van der Waals surface area contributed by atoms with Gasteiger partial charge in [0.05, 0.1) is 13.2 Å². The van der Waals surface area contributed by atoms with Gasteiger partial charge in [-0.25, -0.2) is 0 Å². The van der Waals surface area contributed by atoms with Crippen molar-refractivity contribution in [2.45, 2.75) is 57.5 Å². The molecule has 2 fully saturated rings. The highest BCUT2D eigenvalue weighted by Gasteiger charge is 2.29. The molecule has 1 unspecified atom stereocenters. The lowest BCUT2D eigenvalue weighted by Gasteiger charge is -2.25. The molecule has 104 valence electrons. The predicted molar refractivity (Wildman–Crippen MR) is 69.4 cm³/mol. The van der Waals surface area contributed by atoms with Crippen molar-refractivity contribution in [1.29, 1.82) is 0 Å². The Morgan fingerprint density at radius 3 is 2.67 bits per heavy atom. The molecule has 0 bridgehead atoms. The van der Waals surface area contributed by atoms with E-state index < -0.39 is 0 Å². The van der Waals surface area contributed by atoms with E-state index in [2.05, 4.69) is 5.32 Å². The minimum Gasteiger partial charge on any atom is -0.465 e. The lowest BCUT2D eigenvalue weighted by atomic mass is 9.83. The third kappa shape index (κ3) is 4.58. The van der Waals surface area contributed by atoms with Gasteiger partial charge < -0.3 is 9.47 Å². The van der Waals surface area contributed by atoms with Gasteiger partial charge in [-0.15, -0.1) is 0 Å². The van der Waals surface area contributed by atoms with Crippen LogP contribution in [0.15, 0.2) is 0 Å². The first-order valence-electron chi connectivity index (χ1n) is 7.30. The highest BCUT2D eigenvalue weighted by Crippen LogP contribution is 2.29. The van der Waals surface area contributed by atoms with Gasteiger partial charge in [-0.3, -0.25) is 10.1 Å². The second-order valence-electron chi connectivity index (χ2n) is 5.41. The Hall–Kier alpha value is -0.610. The molecule has 2 saturated carbocycles. The summed E-state index contributed by atoms with van der Waals surface area (Å²) in [6.07, 6.45) is 7.55. The molecule has 0 spiro atoms. The summed E-state index contributed by atoms with van der Waals surface area (Å²) in [6.45, 7) is 3.49. The first-order valence-corrected chi connectivity index (χ1v) is 7.30. The second kappa shape index (κ2) is 7.10. The molecular weight excluding hydrogens is 230 g/mol. The van der Waals surface area contributed by atoms with Crippen molar-refractivity contribution in [2.75, 3.05) is 19.8 Å². The topological polar surface area (TPSA) is 47.6 Å². The molecule has 18 heavy (non-hydrogen) atoms. The summed E-state index contributed by atoms with van der Waals surface area (Å²) in [5.74, 6) is 0.690. The van der Waals surface area contributed by atoms with Gasteiger partial charge in [0.25, 0.3) is 0 Å². The van der Waals surface area contributed by atoms with Crippen LogP contribution in [0, 0.1) is 5.92 Å². The van der Waals surface area contributed by atoms with Gasteiger partial charge in [-0.1, -0.05) is 19.3 Å². The standard InChI is InChI=1S/C14H25NO3/c1-2-18-14(16)13(15-12-6-7-12)10-17-9-8-11-4-3-5-11/h11-13,15H,2-10H2,1H3. The summed E-state index contributed by atoms with van der Waals surface area (Å²) in [6, 6.07) is 0.216. The van der Waals surface area contributed by atoms with Crippen molar-refractivity contribution in [3.8, 4) is 0 Å². The molecule has 0 aliphatic heterocycles. The molecule has 2 rings (SSSR count). The number of carbonyl (C=O) groups is 1. The molecule has 0 aromatic carbocycles. The molecule has 0 aromatic heterocycles. The third-order valence-corrected chi connectivity index (χ3v) is 3.77. The first kappa shape index (κ1) is 13.8. The van der Waals surface area contributed by atoms with E-state index in [0.29, 0.717) is 19.3 Å². The number of carbonyl (C=O) groups excluding carboxylic acids is 1. The van der Waals surface area contributed by atoms with Crippen molar-refractivity contribution in [2.24, 2.45) is 5.92 Å². The summed E-state index contributed by atoms with van der Waals surface area (Å²) < 4.78 is 10.7. The fourth-order valence-corrected chi connectivity index (χ4v) is 2.19. The monoisotopic (exact) mass is 255 g/mol. The molecule has 1 N–H and O–H groups in total. The van der Waals surface area contributed by atoms with Crippen LogP contribution in [0.2, 0.25) is 0 Å². The quantitative estimate of drug-likeness (QED) is 0.505. The van der Waals surface area contributed by atoms with Gasteiger partial charge in [0.15, 0.2) is 0 Å². The molecular formula is C14H25NO3. The van der Waals surface area contributed by atoms with Crippen LogP contribution < -0.4 is 5.32 Å². The van der Waals surface area contributed by atoms with E-state index in [0.717, 1.165) is 31.8 Å². The van der Waals surface area contributed by atoms with Gasteiger partial charge in [0.1, 0.15) is 6.04 Å². The normalized spacial score (nSPS) is 21.4. The van der Waals surface area contributed by atoms with Crippen molar-refractivity contribution in [3.05, 3.63) is 0 Å². The summed E-state index contributed by atoms with van der Waals surface area (Å²) in [5, 5.41) is 3.29. The van der Waals surface area contributed by atoms with Crippen LogP contribution in [-0.4, -0.2) is 37.9 Å². The van der Waals surface area contributed by atoms with Crippen LogP contribution in [0.4, 0.5) is 0 Å². The average molecular weight is 255 g/mol. The zero-order chi connectivity index (χ0) is 12.8. The number of ether oxygens (including phenoxy) is 2. The van der Waals surface area contributed by atoms with Crippen LogP contribution in [0.1, 0.15) is 45.4 Å². The zero-order valence-electron chi connectivity index (χ0n) is 11.3. The average Bonchev–Trinajstić information content (AvgIpc) is 3.09. The lowest BCUT2D eigenvalue weighted by molar-refractivity contribution is -0.147.